The molecule has 1 aliphatic heterocycles. The third-order valence-corrected chi connectivity index (χ3v) is 10.4. The summed E-state index contributed by atoms with van der Waals surface area (Å²) >= 11 is 0. The molecule has 10 rings (SSSR count). The van der Waals surface area contributed by atoms with E-state index in [1.165, 1.54) is 38.6 Å². The summed E-state index contributed by atoms with van der Waals surface area (Å²) in [7, 11) is 0. The molecule has 0 N–H and O–H groups in total. The minimum atomic E-state index is -0.167. The Morgan fingerprint density at radius 1 is 0.612 bits per heavy atom. The number of anilines is 1. The Hall–Kier alpha value is -6.06. The Kier molecular flexibility index (Phi) is 6.45. The van der Waals surface area contributed by atoms with Crippen LogP contribution < -0.4 is 9.64 Å². The van der Waals surface area contributed by atoms with Crippen molar-refractivity contribution in [1.29, 1.82) is 0 Å². The molecule has 0 radical (unpaired) electrons. The lowest BCUT2D eigenvalue weighted by Gasteiger charge is -2.39. The van der Waals surface area contributed by atoms with Crippen LogP contribution in [-0.2, 0) is 0 Å². The molecule has 1 aromatic heterocycles. The van der Waals surface area contributed by atoms with Crippen LogP contribution in [0.3, 0.4) is 0 Å². The highest BCUT2D eigenvalue weighted by Crippen LogP contribution is 2.51. The molecule has 0 saturated carbocycles. The third-order valence-electron chi connectivity index (χ3n) is 10.4. The molecule has 2 heterocycles. The number of allylic oxidation sites excluding steroid dienone is 4. The van der Waals surface area contributed by atoms with Crippen LogP contribution in [0, 0.1) is 0 Å². The van der Waals surface area contributed by atoms with Gasteiger partial charge in [0.15, 0.2) is 0 Å². The van der Waals surface area contributed by atoms with Crippen molar-refractivity contribution in [3.05, 3.63) is 187 Å². The Morgan fingerprint density at radius 3 is 2.12 bits per heavy atom. The number of hydrogen-bond donors (Lipinski definition) is 0. The van der Waals surface area contributed by atoms with Gasteiger partial charge in [0.25, 0.3) is 0 Å². The minimum absolute atomic E-state index is 0.0914. The molecule has 49 heavy (non-hydrogen) atoms. The van der Waals surface area contributed by atoms with E-state index >= 15 is 0 Å². The highest BCUT2D eigenvalue weighted by Gasteiger charge is 2.42. The maximum absolute atomic E-state index is 7.10. The van der Waals surface area contributed by atoms with E-state index in [0.717, 1.165) is 45.5 Å². The molecular weight excluding hydrogens is 599 g/mol. The molecule has 3 unspecified atom stereocenters. The number of benzene rings is 6. The van der Waals surface area contributed by atoms with Gasteiger partial charge in [0.1, 0.15) is 23.0 Å². The van der Waals surface area contributed by atoms with Crippen LogP contribution in [0.2, 0.25) is 0 Å². The number of rotatable bonds is 5. The van der Waals surface area contributed by atoms with Crippen molar-refractivity contribution in [2.75, 3.05) is 4.90 Å². The third kappa shape index (κ3) is 4.57. The summed E-state index contributed by atoms with van der Waals surface area (Å²) in [6.45, 7) is 0. The van der Waals surface area contributed by atoms with Crippen LogP contribution in [0.15, 0.2) is 180 Å². The van der Waals surface area contributed by atoms with E-state index in [9.17, 15) is 0 Å². The molecule has 0 bridgehead atoms. The van der Waals surface area contributed by atoms with Gasteiger partial charge in [0.05, 0.1) is 11.7 Å². The summed E-state index contributed by atoms with van der Waals surface area (Å²) in [6.07, 6.45) is 14.5. The summed E-state index contributed by atoms with van der Waals surface area (Å²) in [5, 5.41) is 4.76. The first-order valence-electron chi connectivity index (χ1n) is 17.1. The van der Waals surface area contributed by atoms with E-state index in [4.69, 9.17) is 9.15 Å². The van der Waals surface area contributed by atoms with Gasteiger partial charge in [-0.15, -0.1) is 0 Å². The van der Waals surface area contributed by atoms with E-state index in [1.807, 2.05) is 12.1 Å². The minimum Gasteiger partial charge on any atom is -0.483 e. The van der Waals surface area contributed by atoms with Crippen LogP contribution in [0.5, 0.6) is 5.75 Å². The molecule has 3 atom stereocenters. The van der Waals surface area contributed by atoms with Gasteiger partial charge in [-0.1, -0.05) is 134 Å². The number of para-hydroxylation sites is 1. The van der Waals surface area contributed by atoms with Crippen LogP contribution in [0.25, 0.3) is 49.4 Å². The molecular formula is C46H33NO2. The number of furan rings is 1. The average molecular weight is 632 g/mol. The van der Waals surface area contributed by atoms with Crippen LogP contribution in [0.4, 0.5) is 5.69 Å². The van der Waals surface area contributed by atoms with Crippen molar-refractivity contribution in [3.8, 4) is 16.9 Å². The maximum Gasteiger partial charge on any atom is 0.149 e. The summed E-state index contributed by atoms with van der Waals surface area (Å²) in [4.78, 5) is 2.50. The number of fused-ring (bicyclic) bond motifs is 8. The average Bonchev–Trinajstić information content (AvgIpc) is 3.74. The van der Waals surface area contributed by atoms with Gasteiger partial charge < -0.3 is 14.1 Å². The van der Waals surface area contributed by atoms with Crippen LogP contribution >= 0.6 is 0 Å². The van der Waals surface area contributed by atoms with Crippen LogP contribution in [0.1, 0.15) is 23.5 Å². The van der Waals surface area contributed by atoms with Crippen molar-refractivity contribution in [3.63, 3.8) is 0 Å². The van der Waals surface area contributed by atoms with Crippen molar-refractivity contribution >= 4 is 44.0 Å². The second-order valence-electron chi connectivity index (χ2n) is 13.1. The Balaban J connectivity index is 1.10. The second kappa shape index (κ2) is 11.3. The Bertz CT molecular complexity index is 2520. The summed E-state index contributed by atoms with van der Waals surface area (Å²) in [5.41, 5.74) is 10.3. The van der Waals surface area contributed by atoms with E-state index in [1.54, 1.807) is 0 Å². The lowest BCUT2D eigenvalue weighted by molar-refractivity contribution is 0.250. The molecule has 3 nitrogen and oxygen atoms in total. The van der Waals surface area contributed by atoms with Gasteiger partial charge in [-0.25, -0.2) is 0 Å². The predicted octanol–water partition coefficient (Wildman–Crippen LogP) is 11.6. The molecule has 2 aliphatic carbocycles. The lowest BCUT2D eigenvalue weighted by Crippen LogP contribution is -2.41. The fourth-order valence-electron chi connectivity index (χ4n) is 8.10. The van der Waals surface area contributed by atoms with Gasteiger partial charge in [-0.3, -0.25) is 0 Å². The molecule has 0 amide bonds. The quantitative estimate of drug-likeness (QED) is 0.189. The highest BCUT2D eigenvalue weighted by molar-refractivity contribution is 6.06. The monoisotopic (exact) mass is 631 g/mol. The molecule has 0 fully saturated rings. The molecule has 7 aromatic rings. The SMILES string of the molecule is C1=CC2c3c(cc(-c4ccccc4)c4ccccc34)OC2C(N(c2ccc3oc4ccccc4c3c2)C2C=CC(c3ccccc3)=CC2)=C1. The largest absolute Gasteiger partial charge is 0.483 e. The van der Waals surface area contributed by atoms with E-state index in [-0.39, 0.29) is 18.1 Å². The maximum atomic E-state index is 7.10. The fourth-order valence-corrected chi connectivity index (χ4v) is 8.10. The standard InChI is InChI=1S/C46H33NO2/c1-3-12-30(13-4-1)31-22-24-33(25-23-31)47(34-26-27-43-40(28-34)36-17-9-10-21-42(36)48-43)41-20-11-19-38-45-37-18-8-7-16-35(37)39(29-44(45)49-46(38)41)32-14-5-2-6-15-32/h1-24,26-29,33,38,46H,25H2. The number of nitrogens with zero attached hydrogens (tertiary/aromatic N) is 1. The van der Waals surface area contributed by atoms with Gasteiger partial charge in [-0.2, -0.15) is 0 Å². The zero-order valence-corrected chi connectivity index (χ0v) is 26.9. The van der Waals surface area contributed by atoms with Gasteiger partial charge in [-0.05, 0) is 75.9 Å². The van der Waals surface area contributed by atoms with Crippen molar-refractivity contribution < 1.29 is 9.15 Å². The van der Waals surface area contributed by atoms with Crippen LogP contribution in [-0.4, -0.2) is 12.1 Å². The van der Waals surface area contributed by atoms with E-state index in [2.05, 4.69) is 163 Å². The first-order valence-corrected chi connectivity index (χ1v) is 17.1. The highest BCUT2D eigenvalue weighted by atomic mass is 16.5. The first-order chi connectivity index (χ1) is 24.3. The Labute approximate surface area is 285 Å². The molecule has 3 heteroatoms. The zero-order chi connectivity index (χ0) is 32.3. The van der Waals surface area contributed by atoms with Gasteiger partial charge >= 0.3 is 0 Å². The summed E-state index contributed by atoms with van der Waals surface area (Å²) in [6, 6.07) is 47.4. The normalized spacial score (nSPS) is 19.4. The van der Waals surface area contributed by atoms with E-state index < -0.39 is 0 Å². The molecule has 0 spiro atoms. The van der Waals surface area contributed by atoms with Crippen molar-refractivity contribution in [2.45, 2.75) is 24.5 Å². The second-order valence-corrected chi connectivity index (χ2v) is 13.1. The predicted molar refractivity (Wildman–Crippen MR) is 202 cm³/mol. The van der Waals surface area contributed by atoms with Crippen molar-refractivity contribution in [2.24, 2.45) is 0 Å². The first kappa shape index (κ1) is 28.0. The molecule has 6 aromatic carbocycles. The van der Waals surface area contributed by atoms with Gasteiger partial charge in [0, 0.05) is 27.9 Å². The lowest BCUT2D eigenvalue weighted by atomic mass is 9.84. The fraction of sp³-hybridized carbons (Fsp3) is 0.0870. The number of hydrogen-bond acceptors (Lipinski definition) is 3. The molecule has 0 saturated heterocycles. The van der Waals surface area contributed by atoms with Crippen molar-refractivity contribution in [1.82, 2.24) is 0 Å². The summed E-state index contributed by atoms with van der Waals surface area (Å²) < 4.78 is 13.3. The number of ether oxygens (including phenoxy) is 1. The molecule has 3 aliphatic rings. The molecule has 234 valence electrons. The zero-order valence-electron chi connectivity index (χ0n) is 26.9. The van der Waals surface area contributed by atoms with E-state index in [0.29, 0.717) is 0 Å². The van der Waals surface area contributed by atoms with Gasteiger partial charge in [0.2, 0.25) is 0 Å². The Morgan fingerprint density at radius 2 is 1.33 bits per heavy atom. The smallest absolute Gasteiger partial charge is 0.149 e. The topological polar surface area (TPSA) is 25.6 Å². The summed E-state index contributed by atoms with van der Waals surface area (Å²) in [5.74, 6) is 1.06.